The Kier molecular flexibility index (Phi) is 5.58. The molecule has 0 radical (unpaired) electrons. The SMILES string of the molecule is CC1CCC(CCNc2ccc(C(F)(F)F)cc2Br)CC1. The molecular formula is C16H21BrF3N. The highest BCUT2D eigenvalue weighted by molar-refractivity contribution is 9.10. The normalized spacial score (nSPS) is 23.1. The maximum atomic E-state index is 12.6. The molecule has 21 heavy (non-hydrogen) atoms. The second-order valence-electron chi connectivity index (χ2n) is 6.03. The highest BCUT2D eigenvalue weighted by atomic mass is 79.9. The third-order valence-electron chi connectivity index (χ3n) is 4.30. The van der Waals surface area contributed by atoms with Crippen LogP contribution in [-0.2, 0) is 6.18 Å². The van der Waals surface area contributed by atoms with Crippen LogP contribution >= 0.6 is 15.9 Å². The van der Waals surface area contributed by atoms with Crippen LogP contribution in [0.4, 0.5) is 18.9 Å². The molecule has 118 valence electrons. The topological polar surface area (TPSA) is 12.0 Å². The van der Waals surface area contributed by atoms with Crippen molar-refractivity contribution in [2.75, 3.05) is 11.9 Å². The van der Waals surface area contributed by atoms with E-state index in [1.54, 1.807) is 0 Å². The second-order valence-corrected chi connectivity index (χ2v) is 6.89. The van der Waals surface area contributed by atoms with Gasteiger partial charge in [0.2, 0.25) is 0 Å². The first-order valence-electron chi connectivity index (χ1n) is 7.47. The van der Waals surface area contributed by atoms with Crippen LogP contribution in [-0.4, -0.2) is 6.54 Å². The van der Waals surface area contributed by atoms with E-state index in [4.69, 9.17) is 0 Å². The van der Waals surface area contributed by atoms with Gasteiger partial charge in [0.05, 0.1) is 5.56 Å². The summed E-state index contributed by atoms with van der Waals surface area (Å²) in [5.41, 5.74) is 0.105. The zero-order valence-corrected chi connectivity index (χ0v) is 13.7. The molecule has 0 amide bonds. The number of halogens is 4. The van der Waals surface area contributed by atoms with Gasteiger partial charge in [0, 0.05) is 16.7 Å². The lowest BCUT2D eigenvalue weighted by Crippen LogP contribution is -2.16. The minimum absolute atomic E-state index is 0.467. The van der Waals surface area contributed by atoms with E-state index in [9.17, 15) is 13.2 Å². The Morgan fingerprint density at radius 3 is 2.43 bits per heavy atom. The van der Waals surface area contributed by atoms with Crippen molar-refractivity contribution in [1.82, 2.24) is 0 Å². The monoisotopic (exact) mass is 363 g/mol. The molecule has 0 saturated heterocycles. The van der Waals surface area contributed by atoms with Crippen LogP contribution < -0.4 is 5.32 Å². The largest absolute Gasteiger partial charge is 0.416 e. The van der Waals surface area contributed by atoms with E-state index in [0.717, 1.165) is 42.6 Å². The van der Waals surface area contributed by atoms with Gasteiger partial charge in [-0.3, -0.25) is 0 Å². The molecule has 0 aliphatic heterocycles. The molecule has 0 bridgehead atoms. The fourth-order valence-electron chi connectivity index (χ4n) is 2.86. The maximum Gasteiger partial charge on any atom is 0.416 e. The molecule has 1 nitrogen and oxygen atoms in total. The van der Waals surface area contributed by atoms with Crippen LogP contribution in [0.5, 0.6) is 0 Å². The molecule has 1 aromatic rings. The predicted octanol–water partition coefficient (Wildman–Crippen LogP) is 6.10. The summed E-state index contributed by atoms with van der Waals surface area (Å²) in [6.45, 7) is 3.11. The number of rotatable bonds is 4. The van der Waals surface area contributed by atoms with E-state index in [-0.39, 0.29) is 0 Å². The Morgan fingerprint density at radius 1 is 1.19 bits per heavy atom. The van der Waals surface area contributed by atoms with Crippen molar-refractivity contribution < 1.29 is 13.2 Å². The lowest BCUT2D eigenvalue weighted by atomic mass is 9.81. The minimum Gasteiger partial charge on any atom is -0.384 e. The van der Waals surface area contributed by atoms with Gasteiger partial charge in [-0.1, -0.05) is 32.6 Å². The summed E-state index contributed by atoms with van der Waals surface area (Å²) in [6, 6.07) is 3.75. The fourth-order valence-corrected chi connectivity index (χ4v) is 3.38. The van der Waals surface area contributed by atoms with E-state index in [0.29, 0.717) is 4.47 Å². The van der Waals surface area contributed by atoms with E-state index < -0.39 is 11.7 Å². The summed E-state index contributed by atoms with van der Waals surface area (Å²) >= 11 is 3.21. The van der Waals surface area contributed by atoms with Crippen molar-refractivity contribution in [3.8, 4) is 0 Å². The van der Waals surface area contributed by atoms with Gasteiger partial charge < -0.3 is 5.32 Å². The summed E-state index contributed by atoms with van der Waals surface area (Å²) in [5.74, 6) is 1.60. The third kappa shape index (κ3) is 4.90. The van der Waals surface area contributed by atoms with Crippen LogP contribution in [0.3, 0.4) is 0 Å². The van der Waals surface area contributed by atoms with Crippen LogP contribution in [0.25, 0.3) is 0 Å². The van der Waals surface area contributed by atoms with Crippen molar-refractivity contribution in [2.45, 2.75) is 45.2 Å². The van der Waals surface area contributed by atoms with Crippen LogP contribution in [0, 0.1) is 11.8 Å². The summed E-state index contributed by atoms with van der Waals surface area (Å²) in [6.07, 6.45) is 1.94. The van der Waals surface area contributed by atoms with Gasteiger partial charge in [0.25, 0.3) is 0 Å². The molecule has 1 fully saturated rings. The van der Waals surface area contributed by atoms with Crippen LogP contribution in [0.1, 0.15) is 44.6 Å². The van der Waals surface area contributed by atoms with Crippen molar-refractivity contribution in [3.63, 3.8) is 0 Å². The number of anilines is 1. The van der Waals surface area contributed by atoms with E-state index in [1.165, 1.54) is 31.7 Å². The number of nitrogens with one attached hydrogen (secondary N) is 1. The summed E-state index contributed by atoms with van der Waals surface area (Å²) < 4.78 is 38.2. The number of benzene rings is 1. The molecule has 0 unspecified atom stereocenters. The van der Waals surface area contributed by atoms with Gasteiger partial charge in [0.1, 0.15) is 0 Å². The number of hydrogen-bond donors (Lipinski definition) is 1. The van der Waals surface area contributed by atoms with Crippen molar-refractivity contribution in [2.24, 2.45) is 11.8 Å². The van der Waals surface area contributed by atoms with E-state index in [1.807, 2.05) is 0 Å². The lowest BCUT2D eigenvalue weighted by Gasteiger charge is -2.26. The second kappa shape index (κ2) is 7.03. The highest BCUT2D eigenvalue weighted by Crippen LogP contribution is 2.34. The fraction of sp³-hybridized carbons (Fsp3) is 0.625. The van der Waals surface area contributed by atoms with Gasteiger partial charge in [0.15, 0.2) is 0 Å². The lowest BCUT2D eigenvalue weighted by molar-refractivity contribution is -0.137. The van der Waals surface area contributed by atoms with E-state index >= 15 is 0 Å². The average Bonchev–Trinajstić information content (AvgIpc) is 2.41. The maximum absolute atomic E-state index is 12.6. The van der Waals surface area contributed by atoms with Crippen molar-refractivity contribution in [1.29, 1.82) is 0 Å². The molecule has 2 rings (SSSR count). The highest BCUT2D eigenvalue weighted by Gasteiger charge is 2.30. The third-order valence-corrected chi connectivity index (χ3v) is 4.96. The standard InChI is InChI=1S/C16H21BrF3N/c1-11-2-4-12(5-3-11)8-9-21-15-7-6-13(10-14(15)17)16(18,19)20/h6-7,10-12,21H,2-5,8-9H2,1H3. The van der Waals surface area contributed by atoms with Gasteiger partial charge >= 0.3 is 6.18 Å². The molecule has 0 spiro atoms. The Balaban J connectivity index is 1.83. The van der Waals surface area contributed by atoms with Crippen LogP contribution in [0.15, 0.2) is 22.7 Å². The van der Waals surface area contributed by atoms with Gasteiger partial charge in [-0.15, -0.1) is 0 Å². The smallest absolute Gasteiger partial charge is 0.384 e. The molecule has 0 atom stereocenters. The van der Waals surface area contributed by atoms with Crippen molar-refractivity contribution in [3.05, 3.63) is 28.2 Å². The zero-order valence-electron chi connectivity index (χ0n) is 12.1. The first-order valence-corrected chi connectivity index (χ1v) is 8.26. The molecule has 0 heterocycles. The molecule has 5 heteroatoms. The van der Waals surface area contributed by atoms with Gasteiger partial charge in [-0.25, -0.2) is 0 Å². The van der Waals surface area contributed by atoms with Gasteiger partial charge in [-0.05, 0) is 52.4 Å². The number of alkyl halides is 3. The average molecular weight is 364 g/mol. The van der Waals surface area contributed by atoms with Crippen molar-refractivity contribution >= 4 is 21.6 Å². The summed E-state index contributed by atoms with van der Waals surface area (Å²) in [4.78, 5) is 0. The molecule has 1 saturated carbocycles. The molecule has 1 N–H and O–H groups in total. The Labute approximate surface area is 132 Å². The molecular weight excluding hydrogens is 343 g/mol. The number of hydrogen-bond acceptors (Lipinski definition) is 1. The summed E-state index contributed by atoms with van der Waals surface area (Å²) in [5, 5.41) is 3.24. The zero-order chi connectivity index (χ0) is 15.5. The summed E-state index contributed by atoms with van der Waals surface area (Å²) in [7, 11) is 0. The molecule has 0 aromatic heterocycles. The van der Waals surface area contributed by atoms with Gasteiger partial charge in [-0.2, -0.15) is 13.2 Å². The molecule has 1 aromatic carbocycles. The quantitative estimate of drug-likeness (QED) is 0.681. The Bertz CT molecular complexity index is 465. The molecule has 1 aliphatic rings. The first kappa shape index (κ1) is 16.7. The first-order chi connectivity index (χ1) is 9.86. The predicted molar refractivity (Wildman–Crippen MR) is 83.4 cm³/mol. The van der Waals surface area contributed by atoms with E-state index in [2.05, 4.69) is 28.2 Å². The van der Waals surface area contributed by atoms with Crippen LogP contribution in [0.2, 0.25) is 0 Å². The Morgan fingerprint density at radius 2 is 1.86 bits per heavy atom. The molecule has 1 aliphatic carbocycles. The minimum atomic E-state index is -4.29. The Hall–Kier alpha value is -0.710.